The highest BCUT2D eigenvalue weighted by molar-refractivity contribution is 7.19. The van der Waals surface area contributed by atoms with Crippen LogP contribution in [0.4, 0.5) is 0 Å². The van der Waals surface area contributed by atoms with Crippen molar-refractivity contribution in [3.05, 3.63) is 390 Å². The Hall–Kier alpha value is -9.68. The summed E-state index contributed by atoms with van der Waals surface area (Å²) in [5, 5.41) is 45.2. The normalized spacial score (nSPS) is 12.1. The van der Waals surface area contributed by atoms with Crippen molar-refractivity contribution in [3.63, 3.8) is 0 Å². The summed E-state index contributed by atoms with van der Waals surface area (Å²) >= 11 is 31.4. The van der Waals surface area contributed by atoms with Crippen molar-refractivity contribution in [1.82, 2.24) is 30.8 Å². The lowest BCUT2D eigenvalue weighted by molar-refractivity contribution is -0.107. The fraction of sp³-hybridized carbons (Fsp3) is 0.324. The lowest BCUT2D eigenvalue weighted by Gasteiger charge is -2.36. The number of hydrogen-bond donors (Lipinski definition) is 9. The smallest absolute Gasteiger partial charge is 0.373 e. The molecular formula is C111H129B3Cl4N8O10S4. The zero-order valence-corrected chi connectivity index (χ0v) is 88.3. The van der Waals surface area contributed by atoms with Gasteiger partial charge in [-0.1, -0.05) is 259 Å². The Kier molecular flexibility index (Phi) is 44.8. The highest BCUT2D eigenvalue weighted by Crippen LogP contribution is 2.42. The lowest BCUT2D eigenvalue weighted by Crippen LogP contribution is -2.41. The summed E-state index contributed by atoms with van der Waals surface area (Å²) in [7, 11) is -1.64. The second kappa shape index (κ2) is 55.8. The van der Waals surface area contributed by atoms with Crippen LogP contribution >= 0.6 is 91.8 Å². The number of amides is 2. The fourth-order valence-electron chi connectivity index (χ4n) is 16.6. The number of aryl methyl sites for hydroxylation is 2. The molecule has 11 N–H and O–H groups in total. The predicted molar refractivity (Wildman–Crippen MR) is 595 cm³/mol. The van der Waals surface area contributed by atoms with Crippen molar-refractivity contribution in [2.75, 3.05) is 45.8 Å². The van der Waals surface area contributed by atoms with Crippen LogP contribution in [0.25, 0.3) is 40.3 Å². The average molecular weight is 2040 g/mol. The first-order chi connectivity index (χ1) is 67.0. The van der Waals surface area contributed by atoms with E-state index >= 15 is 0 Å². The maximum absolute atomic E-state index is 14.1. The molecule has 2 amide bonds. The van der Waals surface area contributed by atoms with Gasteiger partial charge in [0.15, 0.2) is 21.7 Å². The summed E-state index contributed by atoms with van der Waals surface area (Å²) in [6.45, 7) is 30.0. The van der Waals surface area contributed by atoms with Gasteiger partial charge >= 0.3 is 21.2 Å². The number of nitrogens with one attached hydrogen (secondary N) is 4. The van der Waals surface area contributed by atoms with E-state index in [1.807, 2.05) is 224 Å². The molecule has 4 aromatic heterocycles. The predicted octanol–water partition coefficient (Wildman–Crippen LogP) is 23.1. The number of nitrogens with zero attached hydrogens (tertiary/aromatic N) is 2. The quantitative estimate of drug-likeness (QED) is 0.00988. The van der Waals surface area contributed by atoms with Crippen LogP contribution in [0.1, 0.15) is 201 Å². The number of rotatable bonds is 38. The largest absolute Gasteiger partial charge is 0.437 e. The van der Waals surface area contributed by atoms with Crippen LogP contribution in [0.15, 0.2) is 262 Å². The van der Waals surface area contributed by atoms with Crippen molar-refractivity contribution in [3.8, 4) is 0 Å². The standard InChI is InChI=1S/C32H36BClN2O3S.C31H33ClN2O2S.C24H30BClN2O2S.C20H20ClNOS.C4H10BNO2/c1-21(2)29(36(18-8-17-35-33(4)39)32(38)24-13-11-22(3)12-14-24)31-27(19-23-9-6-5-7-10-23)30(37)26-16-15-25(34)20-28(26)40-31;1-20(2)28(34(17-7-16-33)31(36)23-12-10-21(3)11-13-23)30-26(18-22-8-5-4-6-9-22)29(35)25-15-14-24(32)19-27(25)37-30;1-16(2)22(27-12-7-13-28-25(3)30)24-20(14-17-8-5-4-6-9-17)23(29)19-11-10-18(26)15-21(19)31-24;1-12(2)18(22)20-16(10-13-6-4-3-5-7-13)19(23)15-9-8-14(21)11-17(15)24-20;1-5(8)6-3-2-4-7/h5-7,9-16,20-21,29,35,39H,8,17-19H2,1-4H3;4-6,8-15,19-20,28H,7,16-18,33H2,1-3H3;4-6,8-11,15-16,22,27-28,30H,7,12-14H2,1-3H3;3-9,11-12,18H,10,22H2,1-2H3;4,6,8H,2-3H2,1H3. The fourth-order valence-corrected chi connectivity index (χ4v) is 23.4. The molecule has 14 rings (SSSR count). The zero-order chi connectivity index (χ0) is 101. The minimum atomic E-state index is -0.630. The van der Waals surface area contributed by atoms with Crippen LogP contribution < -0.4 is 54.2 Å². The molecule has 18 nitrogen and oxygen atoms in total. The molecule has 734 valence electrons. The van der Waals surface area contributed by atoms with E-state index in [2.05, 4.69) is 88.5 Å². The summed E-state index contributed by atoms with van der Waals surface area (Å²) in [5.41, 5.74) is 23.4. The van der Waals surface area contributed by atoms with Crippen LogP contribution in [0.5, 0.6) is 0 Å². The van der Waals surface area contributed by atoms with Gasteiger partial charge in [-0.15, -0.1) is 45.3 Å². The van der Waals surface area contributed by atoms with Crippen molar-refractivity contribution >= 4 is 171 Å². The molecule has 0 saturated heterocycles. The van der Waals surface area contributed by atoms with Crippen LogP contribution in [0.3, 0.4) is 0 Å². The van der Waals surface area contributed by atoms with Gasteiger partial charge in [-0.25, -0.2) is 0 Å². The van der Waals surface area contributed by atoms with Crippen LogP contribution in [-0.2, 0) is 30.5 Å². The van der Waals surface area contributed by atoms with Crippen molar-refractivity contribution < 1.29 is 29.5 Å². The number of hydrogen-bond acceptors (Lipinski definition) is 20. The molecule has 0 saturated carbocycles. The number of halogens is 4. The van der Waals surface area contributed by atoms with Gasteiger partial charge < -0.3 is 62.1 Å². The van der Waals surface area contributed by atoms with Gasteiger partial charge in [-0.2, -0.15) is 0 Å². The second-order valence-corrected chi connectivity index (χ2v) is 42.6. The molecule has 0 aliphatic rings. The molecule has 4 atom stereocenters. The molecule has 0 spiro atoms. The molecular weight excluding hydrogens is 1910 g/mol. The Bertz CT molecular complexity index is 6650. The summed E-state index contributed by atoms with van der Waals surface area (Å²) in [6.07, 6.45) is 5.66. The van der Waals surface area contributed by atoms with Gasteiger partial charge in [0.1, 0.15) is 6.29 Å². The summed E-state index contributed by atoms with van der Waals surface area (Å²) in [5.74, 6) is 0.532. The van der Waals surface area contributed by atoms with E-state index in [0.717, 1.165) is 125 Å². The number of benzene rings is 10. The van der Waals surface area contributed by atoms with E-state index in [1.165, 1.54) is 0 Å². The van der Waals surface area contributed by atoms with Crippen molar-refractivity contribution in [2.45, 2.75) is 165 Å². The molecule has 4 unspecified atom stereocenters. The van der Waals surface area contributed by atoms with E-state index in [0.29, 0.717) is 131 Å². The molecule has 0 radical (unpaired) electrons. The average Bonchev–Trinajstić information content (AvgIpc) is 0.678. The van der Waals surface area contributed by atoms with Gasteiger partial charge in [0.05, 0.1) is 12.1 Å². The zero-order valence-electron chi connectivity index (χ0n) is 82.0. The number of nitrogens with two attached hydrogens (primary N) is 2. The molecule has 10 aromatic carbocycles. The molecule has 4 heterocycles. The molecule has 0 aliphatic heterocycles. The second-order valence-electron chi connectivity index (χ2n) is 36.6. The summed E-state index contributed by atoms with van der Waals surface area (Å²) in [4.78, 5) is 100. The Labute approximate surface area is 860 Å². The van der Waals surface area contributed by atoms with E-state index < -0.39 is 21.2 Å². The van der Waals surface area contributed by atoms with E-state index in [-0.39, 0.29) is 75.5 Å². The van der Waals surface area contributed by atoms with Gasteiger partial charge in [-0.3, -0.25) is 28.8 Å². The first-order valence-corrected chi connectivity index (χ1v) is 52.6. The Balaban J connectivity index is 0.000000189. The topological polar surface area (TPSA) is 287 Å². The van der Waals surface area contributed by atoms with Gasteiger partial charge in [0.2, 0.25) is 0 Å². The Morgan fingerprint density at radius 3 is 0.993 bits per heavy atom. The first-order valence-electron chi connectivity index (χ1n) is 47.8. The van der Waals surface area contributed by atoms with Crippen molar-refractivity contribution in [2.24, 2.45) is 35.1 Å². The summed E-state index contributed by atoms with van der Waals surface area (Å²) < 4.78 is 3.47. The SMILES string of the molecule is CB(O)NCCC=O.CB(O)NCCCN(C(=O)c1ccc(C)cc1)C(c1sc2cc(Cl)ccc2c(=O)c1Cc1ccccc1)C(C)C.CB(O)NCCCNC(c1sc2cc(Cl)ccc2c(=O)c1Cc1ccccc1)C(C)C.CC(C)C(N)c1sc2cc(Cl)ccc2c(=O)c1Cc1ccccc1.Cc1ccc(C(=O)N(CCCN)C(c2sc3cc(Cl)ccc3c(=O)c2Cc2ccccc2)C(C)C)cc1. The van der Waals surface area contributed by atoms with E-state index in [9.17, 15) is 43.6 Å². The monoisotopic (exact) mass is 2030 g/mol. The molecule has 14 aromatic rings. The van der Waals surface area contributed by atoms with Gasteiger partial charge in [0.25, 0.3) is 11.8 Å². The first kappa shape index (κ1) is 112. The third-order valence-corrected chi connectivity index (χ3v) is 29.9. The number of aldehydes is 1. The minimum Gasteiger partial charge on any atom is -0.437 e. The third kappa shape index (κ3) is 32.2. The number of carbonyl (C=O) groups excluding carboxylic acids is 3. The highest BCUT2D eigenvalue weighted by Gasteiger charge is 2.36. The molecule has 140 heavy (non-hydrogen) atoms. The highest BCUT2D eigenvalue weighted by atomic mass is 35.5. The third-order valence-electron chi connectivity index (χ3n) is 23.9. The molecule has 0 fully saturated rings. The minimum absolute atomic E-state index is 0.00326. The lowest BCUT2D eigenvalue weighted by atomic mass is 9.89. The van der Waals surface area contributed by atoms with Gasteiger partial charge in [-0.05, 0) is 229 Å². The number of carbonyl (C=O) groups is 3. The van der Waals surface area contributed by atoms with Gasteiger partial charge in [0, 0.05) is 171 Å². The van der Waals surface area contributed by atoms with Crippen LogP contribution in [-0.4, -0.2) is 110 Å². The summed E-state index contributed by atoms with van der Waals surface area (Å²) in [6, 6.07) is 76.5. The maximum Gasteiger partial charge on any atom is 0.373 e. The number of fused-ring (bicyclic) bond motifs is 4. The van der Waals surface area contributed by atoms with Crippen molar-refractivity contribution in [1.29, 1.82) is 0 Å². The Morgan fingerprint density at radius 1 is 0.386 bits per heavy atom. The molecule has 0 aliphatic carbocycles. The molecule has 0 bridgehead atoms. The van der Waals surface area contributed by atoms with Crippen LogP contribution in [0.2, 0.25) is 40.6 Å². The maximum atomic E-state index is 14.1. The van der Waals surface area contributed by atoms with E-state index in [1.54, 1.807) is 96.1 Å². The molecule has 29 heteroatoms. The Morgan fingerprint density at radius 2 is 0.686 bits per heavy atom. The van der Waals surface area contributed by atoms with Crippen LogP contribution in [0, 0.1) is 37.5 Å². The van der Waals surface area contributed by atoms with E-state index in [4.69, 9.17) is 62.9 Å².